The van der Waals surface area contributed by atoms with E-state index in [0.29, 0.717) is 18.3 Å². The fraction of sp³-hybridized carbons (Fsp3) is 0.600. The zero-order chi connectivity index (χ0) is 17.7. The molecule has 4 saturated carbocycles. The van der Waals surface area contributed by atoms with E-state index in [1.807, 2.05) is 31.2 Å². The maximum absolute atomic E-state index is 12.5. The van der Waals surface area contributed by atoms with Gasteiger partial charge in [0.25, 0.3) is 0 Å². The van der Waals surface area contributed by atoms with Gasteiger partial charge in [-0.2, -0.15) is 0 Å². The van der Waals surface area contributed by atoms with Crippen LogP contribution in [0.2, 0.25) is 0 Å². The molecule has 0 radical (unpaired) electrons. The van der Waals surface area contributed by atoms with E-state index in [-0.39, 0.29) is 23.8 Å². The van der Waals surface area contributed by atoms with Crippen molar-refractivity contribution in [3.63, 3.8) is 0 Å². The summed E-state index contributed by atoms with van der Waals surface area (Å²) in [6.45, 7) is 1.92. The molecular formula is C20H26N2O3. The van der Waals surface area contributed by atoms with Crippen LogP contribution in [-0.2, 0) is 9.59 Å². The number of para-hydroxylation sites is 1. The Morgan fingerprint density at radius 1 is 1.12 bits per heavy atom. The molecule has 1 aromatic carbocycles. The number of amides is 2. The van der Waals surface area contributed by atoms with Crippen molar-refractivity contribution < 1.29 is 14.7 Å². The van der Waals surface area contributed by atoms with Gasteiger partial charge < -0.3 is 15.7 Å². The topological polar surface area (TPSA) is 78.4 Å². The van der Waals surface area contributed by atoms with E-state index in [1.54, 1.807) is 0 Å². The van der Waals surface area contributed by atoms with Crippen LogP contribution in [0.4, 0.5) is 5.69 Å². The number of carbonyl (C=O) groups excluding carboxylic acids is 2. The predicted molar refractivity (Wildman–Crippen MR) is 94.9 cm³/mol. The standard InChI is InChI=1S/C20H26N2O3/c1-13-4-2-3-5-16(13)21-17(23)7-18(24)22-19-8-14-6-15(9-19)11-20(25,10-14)12-19/h2-5,14-15,25H,6-12H2,1H3,(H,21,23)(H,22,24). The number of aliphatic hydroxyl groups is 1. The SMILES string of the molecule is Cc1ccccc1NC(=O)CC(=O)NC12CC3CC(CC(O)(C3)C1)C2. The molecule has 2 unspecified atom stereocenters. The number of benzene rings is 1. The first kappa shape index (κ1) is 16.6. The summed E-state index contributed by atoms with van der Waals surface area (Å²) in [5, 5.41) is 16.7. The van der Waals surface area contributed by atoms with Gasteiger partial charge in [-0.05, 0) is 68.9 Å². The van der Waals surface area contributed by atoms with Gasteiger partial charge in [0.15, 0.2) is 0 Å². The molecule has 0 heterocycles. The van der Waals surface area contributed by atoms with Crippen LogP contribution in [0.15, 0.2) is 24.3 Å². The molecule has 2 atom stereocenters. The summed E-state index contributed by atoms with van der Waals surface area (Å²) in [7, 11) is 0. The summed E-state index contributed by atoms with van der Waals surface area (Å²) in [5.41, 5.74) is 0.795. The van der Waals surface area contributed by atoms with Gasteiger partial charge in [-0.3, -0.25) is 9.59 Å². The normalized spacial score (nSPS) is 35.4. The highest BCUT2D eigenvalue weighted by Gasteiger charge is 2.57. The highest BCUT2D eigenvalue weighted by atomic mass is 16.3. The Bertz CT molecular complexity index is 701. The van der Waals surface area contributed by atoms with Crippen LogP contribution < -0.4 is 10.6 Å². The van der Waals surface area contributed by atoms with Crippen LogP contribution >= 0.6 is 0 Å². The molecule has 4 aliphatic rings. The molecule has 134 valence electrons. The minimum absolute atomic E-state index is 0.177. The Kier molecular flexibility index (Phi) is 3.87. The lowest BCUT2D eigenvalue weighted by Gasteiger charge is -2.60. The molecule has 5 nitrogen and oxygen atoms in total. The maximum atomic E-state index is 12.5. The zero-order valence-electron chi connectivity index (χ0n) is 14.7. The second-order valence-corrected chi connectivity index (χ2v) is 8.55. The molecule has 4 aliphatic carbocycles. The number of nitrogens with one attached hydrogen (secondary N) is 2. The molecule has 4 fully saturated rings. The fourth-order valence-corrected chi connectivity index (χ4v) is 5.75. The Morgan fingerprint density at radius 3 is 2.44 bits per heavy atom. The van der Waals surface area contributed by atoms with Gasteiger partial charge in [-0.1, -0.05) is 18.2 Å². The average molecular weight is 342 g/mol. The van der Waals surface area contributed by atoms with Crippen molar-refractivity contribution in [2.45, 2.75) is 63.0 Å². The van der Waals surface area contributed by atoms with E-state index in [4.69, 9.17) is 0 Å². The third-order valence-electron chi connectivity index (χ3n) is 6.18. The third-order valence-corrected chi connectivity index (χ3v) is 6.18. The molecule has 0 saturated heterocycles. The van der Waals surface area contributed by atoms with E-state index in [0.717, 1.165) is 36.9 Å². The minimum atomic E-state index is -0.610. The minimum Gasteiger partial charge on any atom is -0.390 e. The molecular weight excluding hydrogens is 316 g/mol. The second kappa shape index (κ2) is 5.84. The van der Waals surface area contributed by atoms with Crippen LogP contribution in [0.1, 0.15) is 50.5 Å². The van der Waals surface area contributed by atoms with Crippen LogP contribution in [0.25, 0.3) is 0 Å². The van der Waals surface area contributed by atoms with Gasteiger partial charge in [0.1, 0.15) is 6.42 Å². The number of hydrogen-bond donors (Lipinski definition) is 3. The molecule has 5 heteroatoms. The summed E-state index contributed by atoms with van der Waals surface area (Å²) >= 11 is 0. The second-order valence-electron chi connectivity index (χ2n) is 8.55. The molecule has 25 heavy (non-hydrogen) atoms. The lowest BCUT2D eigenvalue weighted by molar-refractivity contribution is -0.151. The Balaban J connectivity index is 1.38. The Hall–Kier alpha value is -1.88. The highest BCUT2D eigenvalue weighted by Crippen LogP contribution is 2.57. The van der Waals surface area contributed by atoms with Gasteiger partial charge in [0.05, 0.1) is 5.60 Å². The van der Waals surface area contributed by atoms with Crippen molar-refractivity contribution in [1.82, 2.24) is 5.32 Å². The molecule has 0 aliphatic heterocycles. The average Bonchev–Trinajstić information content (AvgIpc) is 2.46. The molecule has 1 aromatic rings. The lowest BCUT2D eigenvalue weighted by Crippen LogP contribution is -2.65. The first-order valence-electron chi connectivity index (χ1n) is 9.24. The van der Waals surface area contributed by atoms with E-state index in [1.165, 1.54) is 6.42 Å². The Morgan fingerprint density at radius 2 is 1.80 bits per heavy atom. The van der Waals surface area contributed by atoms with Crippen molar-refractivity contribution in [3.8, 4) is 0 Å². The molecule has 3 N–H and O–H groups in total. The third kappa shape index (κ3) is 3.30. The van der Waals surface area contributed by atoms with Crippen LogP contribution in [-0.4, -0.2) is 28.1 Å². The van der Waals surface area contributed by atoms with E-state index in [9.17, 15) is 14.7 Å². The van der Waals surface area contributed by atoms with Crippen molar-refractivity contribution in [1.29, 1.82) is 0 Å². The van der Waals surface area contributed by atoms with Gasteiger partial charge in [0.2, 0.25) is 11.8 Å². The monoisotopic (exact) mass is 342 g/mol. The Labute approximate surface area is 148 Å². The molecule has 2 amide bonds. The summed E-state index contributed by atoms with van der Waals surface area (Å²) in [4.78, 5) is 24.7. The van der Waals surface area contributed by atoms with Gasteiger partial charge in [0, 0.05) is 11.2 Å². The molecule has 0 aromatic heterocycles. The number of anilines is 1. The largest absolute Gasteiger partial charge is 0.390 e. The van der Waals surface area contributed by atoms with Crippen LogP contribution in [0, 0.1) is 18.8 Å². The van der Waals surface area contributed by atoms with Crippen LogP contribution in [0.5, 0.6) is 0 Å². The van der Waals surface area contributed by atoms with Crippen molar-refractivity contribution >= 4 is 17.5 Å². The van der Waals surface area contributed by atoms with Gasteiger partial charge >= 0.3 is 0 Å². The number of rotatable bonds is 4. The molecule has 5 rings (SSSR count). The number of aryl methyl sites for hydroxylation is 1. The number of hydrogen-bond acceptors (Lipinski definition) is 3. The van der Waals surface area contributed by atoms with Crippen LogP contribution in [0.3, 0.4) is 0 Å². The van der Waals surface area contributed by atoms with Gasteiger partial charge in [-0.15, -0.1) is 0 Å². The van der Waals surface area contributed by atoms with E-state index < -0.39 is 5.60 Å². The zero-order valence-corrected chi connectivity index (χ0v) is 14.7. The smallest absolute Gasteiger partial charge is 0.233 e. The first-order valence-corrected chi connectivity index (χ1v) is 9.24. The predicted octanol–water partition coefficient (Wildman–Crippen LogP) is 2.52. The van der Waals surface area contributed by atoms with Gasteiger partial charge in [-0.25, -0.2) is 0 Å². The highest BCUT2D eigenvalue weighted by molar-refractivity contribution is 6.04. The van der Waals surface area contributed by atoms with E-state index >= 15 is 0 Å². The number of carbonyl (C=O) groups is 2. The van der Waals surface area contributed by atoms with Crippen molar-refractivity contribution in [2.24, 2.45) is 11.8 Å². The quantitative estimate of drug-likeness (QED) is 0.736. The molecule has 0 spiro atoms. The summed E-state index contributed by atoms with van der Waals surface area (Å²) in [6, 6.07) is 7.53. The summed E-state index contributed by atoms with van der Waals surface area (Å²) < 4.78 is 0. The fourth-order valence-electron chi connectivity index (χ4n) is 5.75. The van der Waals surface area contributed by atoms with Crippen molar-refractivity contribution in [3.05, 3.63) is 29.8 Å². The van der Waals surface area contributed by atoms with Crippen molar-refractivity contribution in [2.75, 3.05) is 5.32 Å². The first-order chi connectivity index (χ1) is 11.8. The maximum Gasteiger partial charge on any atom is 0.233 e. The van der Waals surface area contributed by atoms with E-state index in [2.05, 4.69) is 10.6 Å². The summed E-state index contributed by atoms with van der Waals surface area (Å²) in [5.74, 6) is 0.478. The molecule has 4 bridgehead atoms. The summed E-state index contributed by atoms with van der Waals surface area (Å²) in [6.07, 6.45) is 5.26. The lowest BCUT2D eigenvalue weighted by atomic mass is 9.51.